The summed E-state index contributed by atoms with van der Waals surface area (Å²) in [4.78, 5) is 13.8. The highest BCUT2D eigenvalue weighted by atomic mass is 32.1. The third-order valence-electron chi connectivity index (χ3n) is 4.17. The van der Waals surface area contributed by atoms with Gasteiger partial charge in [0.05, 0.1) is 5.69 Å². The van der Waals surface area contributed by atoms with Crippen molar-refractivity contribution in [3.8, 4) is 5.75 Å². The molecule has 0 bridgehead atoms. The largest absolute Gasteiger partial charge is 0.507 e. The summed E-state index contributed by atoms with van der Waals surface area (Å²) in [5.74, 6) is 0.295. The van der Waals surface area contributed by atoms with E-state index in [9.17, 15) is 9.90 Å². The van der Waals surface area contributed by atoms with E-state index < -0.39 is 0 Å². The Balaban J connectivity index is 2.78. The van der Waals surface area contributed by atoms with E-state index >= 15 is 0 Å². The van der Waals surface area contributed by atoms with E-state index in [1.807, 2.05) is 84.0 Å². The Kier molecular flexibility index (Phi) is 5.24. The molecule has 1 N–H and O–H groups in total. The Morgan fingerprint density at radius 3 is 1.68 bits per heavy atom. The predicted molar refractivity (Wildman–Crippen MR) is 108 cm³/mol. The van der Waals surface area contributed by atoms with Gasteiger partial charge in [0, 0.05) is 16.8 Å². The fourth-order valence-corrected chi connectivity index (χ4v) is 3.07. The second kappa shape index (κ2) is 6.75. The molecular weight excluding hydrogens is 330 g/mol. The first-order valence-corrected chi connectivity index (χ1v) is 8.83. The molecule has 0 spiro atoms. The maximum absolute atomic E-state index is 12.3. The minimum absolute atomic E-state index is 0.262. The topological polar surface area (TPSA) is 40.5 Å². The van der Waals surface area contributed by atoms with Crippen LogP contribution in [0.2, 0.25) is 0 Å². The molecule has 25 heavy (non-hydrogen) atoms. The smallest absolute Gasteiger partial charge is 0.287 e. The van der Waals surface area contributed by atoms with E-state index in [0.717, 1.165) is 16.8 Å². The number of rotatable bonds is 2. The fraction of sp³-hybridized carbons (Fsp3) is 0.381. The Morgan fingerprint density at radius 2 is 1.32 bits per heavy atom. The molecule has 0 saturated carbocycles. The number of amides is 1. The Labute approximate surface area is 156 Å². The van der Waals surface area contributed by atoms with Crippen molar-refractivity contribution in [2.24, 2.45) is 0 Å². The first-order valence-electron chi connectivity index (χ1n) is 8.39. The SMILES string of the molecule is CC(C)(C)c1cc(N(C(=O)S)c2ccccc2)cc(C(C)(C)C)c1O. The van der Waals surface area contributed by atoms with Crippen molar-refractivity contribution in [3.63, 3.8) is 0 Å². The first-order chi connectivity index (χ1) is 11.4. The number of phenols is 1. The number of nitrogens with zero attached hydrogens (tertiary/aromatic N) is 1. The van der Waals surface area contributed by atoms with Crippen molar-refractivity contribution in [2.45, 2.75) is 52.4 Å². The number of thiol groups is 1. The molecule has 0 aromatic heterocycles. The Bertz CT molecular complexity index is 736. The molecule has 134 valence electrons. The monoisotopic (exact) mass is 357 g/mol. The van der Waals surface area contributed by atoms with Crippen LogP contribution >= 0.6 is 12.6 Å². The van der Waals surface area contributed by atoms with E-state index in [2.05, 4.69) is 12.6 Å². The molecule has 2 aromatic rings. The van der Waals surface area contributed by atoms with Gasteiger partial charge in [-0.15, -0.1) is 0 Å². The van der Waals surface area contributed by atoms with Crippen molar-refractivity contribution in [1.29, 1.82) is 0 Å². The van der Waals surface area contributed by atoms with E-state index in [-0.39, 0.29) is 16.1 Å². The van der Waals surface area contributed by atoms with Gasteiger partial charge in [0.1, 0.15) is 5.75 Å². The van der Waals surface area contributed by atoms with Crippen LogP contribution in [0.5, 0.6) is 5.75 Å². The van der Waals surface area contributed by atoms with Crippen LogP contribution in [0.3, 0.4) is 0 Å². The van der Waals surface area contributed by atoms with Gasteiger partial charge in [-0.3, -0.25) is 9.69 Å². The average Bonchev–Trinajstić information content (AvgIpc) is 2.47. The lowest BCUT2D eigenvalue weighted by Crippen LogP contribution is -2.23. The van der Waals surface area contributed by atoms with Crippen molar-refractivity contribution < 1.29 is 9.90 Å². The maximum Gasteiger partial charge on any atom is 0.287 e. The van der Waals surface area contributed by atoms with Crippen molar-refractivity contribution in [3.05, 3.63) is 53.6 Å². The molecule has 2 aromatic carbocycles. The van der Waals surface area contributed by atoms with Gasteiger partial charge in [0.15, 0.2) is 0 Å². The first kappa shape index (κ1) is 19.4. The van der Waals surface area contributed by atoms with Crippen LogP contribution in [-0.2, 0) is 10.8 Å². The van der Waals surface area contributed by atoms with Crippen LogP contribution < -0.4 is 4.90 Å². The predicted octanol–water partition coefficient (Wildman–Crippen LogP) is 6.18. The number of para-hydroxylation sites is 1. The van der Waals surface area contributed by atoms with E-state index in [0.29, 0.717) is 11.4 Å². The maximum atomic E-state index is 12.3. The number of carbonyl (C=O) groups is 1. The summed E-state index contributed by atoms with van der Waals surface area (Å²) in [6.07, 6.45) is 0. The third kappa shape index (κ3) is 4.18. The molecule has 0 heterocycles. The van der Waals surface area contributed by atoms with E-state index in [4.69, 9.17) is 0 Å². The number of hydrogen-bond donors (Lipinski definition) is 2. The van der Waals surface area contributed by atoms with E-state index in [1.54, 1.807) is 4.90 Å². The zero-order chi connectivity index (χ0) is 19.0. The summed E-state index contributed by atoms with van der Waals surface area (Å²) >= 11 is 4.08. The lowest BCUT2D eigenvalue weighted by molar-refractivity contribution is 0.267. The van der Waals surface area contributed by atoms with Gasteiger partial charge >= 0.3 is 0 Å². The molecule has 0 aliphatic heterocycles. The number of aromatic hydroxyl groups is 1. The summed E-state index contributed by atoms with van der Waals surface area (Å²) in [5.41, 5.74) is 2.55. The highest BCUT2D eigenvalue weighted by Gasteiger charge is 2.28. The van der Waals surface area contributed by atoms with Gasteiger partial charge in [-0.1, -0.05) is 72.4 Å². The van der Waals surface area contributed by atoms with Gasteiger partial charge in [-0.2, -0.15) is 0 Å². The zero-order valence-corrected chi connectivity index (χ0v) is 16.7. The van der Waals surface area contributed by atoms with Gasteiger partial charge in [0.25, 0.3) is 5.24 Å². The standard InChI is InChI=1S/C21H27NO2S/c1-20(2,3)16-12-15(13-17(18(16)23)21(4,5)6)22(19(24)25)14-10-8-7-9-11-14/h7-13,23H,1-6H3,(H,24,25). The summed E-state index contributed by atoms with van der Waals surface area (Å²) in [7, 11) is 0. The normalized spacial score (nSPS) is 12.1. The van der Waals surface area contributed by atoms with Crippen LogP contribution in [0, 0.1) is 0 Å². The molecule has 0 radical (unpaired) electrons. The quantitative estimate of drug-likeness (QED) is 0.631. The van der Waals surface area contributed by atoms with Crippen molar-refractivity contribution >= 4 is 29.2 Å². The number of carbonyl (C=O) groups excluding carboxylic acids is 1. The minimum Gasteiger partial charge on any atom is -0.507 e. The highest BCUT2D eigenvalue weighted by Crippen LogP contribution is 2.43. The van der Waals surface area contributed by atoms with Gasteiger partial charge in [0.2, 0.25) is 0 Å². The van der Waals surface area contributed by atoms with Crippen LogP contribution in [0.15, 0.2) is 42.5 Å². The molecule has 0 unspecified atom stereocenters. The molecule has 2 rings (SSSR count). The third-order valence-corrected chi connectivity index (χ3v) is 4.37. The van der Waals surface area contributed by atoms with E-state index in [1.165, 1.54) is 0 Å². The molecule has 0 atom stereocenters. The van der Waals surface area contributed by atoms with Crippen LogP contribution in [0.4, 0.5) is 16.2 Å². The summed E-state index contributed by atoms with van der Waals surface area (Å²) in [6, 6.07) is 13.2. The molecule has 0 aliphatic carbocycles. The second-order valence-corrected chi connectivity index (χ2v) is 8.73. The van der Waals surface area contributed by atoms with Crippen molar-refractivity contribution in [1.82, 2.24) is 0 Å². The number of phenolic OH excluding ortho intramolecular Hbond substituents is 1. The molecule has 0 fully saturated rings. The summed E-state index contributed by atoms with van der Waals surface area (Å²) in [6.45, 7) is 12.3. The van der Waals surface area contributed by atoms with Crippen LogP contribution in [0.25, 0.3) is 0 Å². The second-order valence-electron chi connectivity index (χ2n) is 8.34. The lowest BCUT2D eigenvalue weighted by Gasteiger charge is -2.30. The summed E-state index contributed by atoms with van der Waals surface area (Å²) in [5, 5.41) is 10.5. The number of anilines is 2. The fourth-order valence-electron chi connectivity index (χ4n) is 2.84. The summed E-state index contributed by atoms with van der Waals surface area (Å²) < 4.78 is 0. The van der Waals surface area contributed by atoms with Gasteiger partial charge < -0.3 is 5.11 Å². The Hall–Kier alpha value is -1.94. The highest BCUT2D eigenvalue weighted by molar-refractivity contribution is 7.97. The van der Waals surface area contributed by atoms with Crippen LogP contribution in [0.1, 0.15) is 52.7 Å². The molecule has 4 heteroatoms. The average molecular weight is 358 g/mol. The van der Waals surface area contributed by atoms with Gasteiger partial charge in [-0.25, -0.2) is 0 Å². The molecular formula is C21H27NO2S. The van der Waals surface area contributed by atoms with Crippen molar-refractivity contribution in [2.75, 3.05) is 4.90 Å². The Morgan fingerprint density at radius 1 is 0.880 bits per heavy atom. The molecule has 3 nitrogen and oxygen atoms in total. The molecule has 0 saturated heterocycles. The lowest BCUT2D eigenvalue weighted by atomic mass is 9.79. The number of benzene rings is 2. The van der Waals surface area contributed by atoms with Crippen LogP contribution in [-0.4, -0.2) is 10.3 Å². The zero-order valence-electron chi connectivity index (χ0n) is 15.8. The molecule has 1 amide bonds. The minimum atomic E-state index is -0.364. The van der Waals surface area contributed by atoms with Gasteiger partial charge in [-0.05, 0) is 35.1 Å². The number of hydrogen-bond acceptors (Lipinski definition) is 2. The molecule has 0 aliphatic rings.